The molecule has 0 radical (unpaired) electrons. The molecular weight excluding hydrogens is 175 g/mol. The molecule has 0 bridgehead atoms. The molecule has 0 aromatic heterocycles. The van der Waals surface area contributed by atoms with Gasteiger partial charge in [0.25, 0.3) is 0 Å². The Hall–Kier alpha value is 1.12. The van der Waals surface area contributed by atoms with Crippen LogP contribution in [0.15, 0.2) is 0 Å². The van der Waals surface area contributed by atoms with Crippen LogP contribution in [-0.2, 0) is 4.79 Å². The summed E-state index contributed by atoms with van der Waals surface area (Å²) in [6, 6.07) is -2.76. The van der Waals surface area contributed by atoms with E-state index in [0.29, 0.717) is 6.92 Å². The van der Waals surface area contributed by atoms with Crippen LogP contribution in [0.3, 0.4) is 0 Å². The molecule has 0 heterocycles. The monoisotopic (exact) mass is 180 g/mol. The number of aliphatic hydroxyl groups is 1. The van der Waals surface area contributed by atoms with Gasteiger partial charge in [-0.25, -0.2) is 0 Å². The summed E-state index contributed by atoms with van der Waals surface area (Å²) < 4.78 is 33.9. The van der Waals surface area contributed by atoms with Crippen LogP contribution >= 0.6 is 0 Å². The maximum atomic E-state index is 11.3. The van der Waals surface area contributed by atoms with Crippen LogP contribution in [0.2, 0.25) is 0 Å². The zero-order valence-corrected chi connectivity index (χ0v) is 8.77. The summed E-state index contributed by atoms with van der Waals surface area (Å²) in [6.45, 7) is -4.71. The first-order valence-electron chi connectivity index (χ1n) is 2.24. The van der Waals surface area contributed by atoms with Gasteiger partial charge < -0.3 is 22.8 Å². The predicted octanol–water partition coefficient (Wildman–Crippen LogP) is -2.67. The number of hydrogen-bond donors (Lipinski definition) is 1. The zero-order chi connectivity index (χ0) is 7.65. The number of Topliss-reactive ketones (excluding diaryl/α,β-unsaturated/α-hetero) is 1. The molecule has 0 aliphatic carbocycles. The van der Waals surface area contributed by atoms with Gasteiger partial charge in [-0.15, -0.1) is 0 Å². The molecular formula is C3H5BF3KO2. The number of carbonyl (C=O) groups is 1. The molecule has 0 saturated heterocycles. The fourth-order valence-electron chi connectivity index (χ4n) is 0.266. The van der Waals surface area contributed by atoms with Crippen LogP contribution in [0.4, 0.5) is 12.9 Å². The number of aliphatic hydroxyl groups excluding tert-OH is 1. The van der Waals surface area contributed by atoms with E-state index in [0.717, 1.165) is 0 Å². The van der Waals surface area contributed by atoms with Crippen molar-refractivity contribution in [1.82, 2.24) is 0 Å². The third-order valence-corrected chi connectivity index (χ3v) is 0.775. The Morgan fingerprint density at radius 2 is 1.80 bits per heavy atom. The van der Waals surface area contributed by atoms with Gasteiger partial charge in [-0.3, -0.25) is 0 Å². The fraction of sp³-hybridized carbons (Fsp3) is 0.667. The van der Waals surface area contributed by atoms with Crippen molar-refractivity contribution in [2.75, 3.05) is 0 Å². The first-order valence-corrected chi connectivity index (χ1v) is 2.24. The van der Waals surface area contributed by atoms with Crippen molar-refractivity contribution in [2.24, 2.45) is 0 Å². The van der Waals surface area contributed by atoms with Crippen LogP contribution < -0.4 is 51.4 Å². The van der Waals surface area contributed by atoms with Crippen LogP contribution in [0.5, 0.6) is 0 Å². The summed E-state index contributed by atoms with van der Waals surface area (Å²) in [5.41, 5.74) is 0. The number of halogens is 3. The standard InChI is InChI=1S/C3H5BF3O2.K/c1-2(8)3(9)4(5,6)7;/h3,9H,1H3;/q-1;+1. The molecule has 0 saturated carbocycles. The van der Waals surface area contributed by atoms with E-state index in [-0.39, 0.29) is 51.4 Å². The molecule has 0 aromatic carbocycles. The summed E-state index contributed by atoms with van der Waals surface area (Å²) >= 11 is 0. The van der Waals surface area contributed by atoms with Gasteiger partial charge in [0.05, 0.1) is 6.00 Å². The van der Waals surface area contributed by atoms with Crippen molar-refractivity contribution < 1.29 is 74.2 Å². The molecule has 1 atom stereocenters. The van der Waals surface area contributed by atoms with E-state index in [1.54, 1.807) is 0 Å². The van der Waals surface area contributed by atoms with Gasteiger partial charge in [-0.1, -0.05) is 0 Å². The molecule has 0 rings (SSSR count). The normalized spacial score (nSPS) is 13.7. The Kier molecular flexibility index (Phi) is 6.70. The van der Waals surface area contributed by atoms with Crippen LogP contribution in [0, 0.1) is 0 Å². The second-order valence-corrected chi connectivity index (χ2v) is 1.68. The van der Waals surface area contributed by atoms with Crippen LogP contribution in [-0.4, -0.2) is 23.9 Å². The minimum Gasteiger partial charge on any atom is -0.447 e. The second kappa shape index (κ2) is 4.89. The van der Waals surface area contributed by atoms with E-state index in [9.17, 15) is 17.7 Å². The van der Waals surface area contributed by atoms with Crippen molar-refractivity contribution in [3.05, 3.63) is 0 Å². The maximum absolute atomic E-state index is 11.3. The third kappa shape index (κ3) is 4.86. The van der Waals surface area contributed by atoms with Crippen molar-refractivity contribution >= 4 is 12.8 Å². The average Bonchev–Trinajstić information content (AvgIpc) is 1.62. The van der Waals surface area contributed by atoms with Crippen LogP contribution in [0.25, 0.3) is 0 Å². The average molecular weight is 180 g/mol. The largest absolute Gasteiger partial charge is 1.00 e. The first kappa shape index (κ1) is 13.7. The number of hydrogen-bond acceptors (Lipinski definition) is 2. The molecule has 0 aliphatic rings. The first-order chi connectivity index (χ1) is 3.85. The van der Waals surface area contributed by atoms with Gasteiger partial charge in [0.1, 0.15) is 5.78 Å². The number of rotatable bonds is 2. The van der Waals surface area contributed by atoms with Crippen molar-refractivity contribution in [1.29, 1.82) is 0 Å². The quantitative estimate of drug-likeness (QED) is 0.470. The summed E-state index contributed by atoms with van der Waals surface area (Å²) in [6.07, 6.45) is 0. The smallest absolute Gasteiger partial charge is 0.447 e. The molecule has 7 heteroatoms. The molecule has 0 aliphatic heterocycles. The summed E-state index contributed by atoms with van der Waals surface area (Å²) in [4.78, 5) is 9.84. The minimum atomic E-state index is -5.40. The van der Waals surface area contributed by atoms with E-state index < -0.39 is 18.8 Å². The van der Waals surface area contributed by atoms with Crippen molar-refractivity contribution in [3.8, 4) is 0 Å². The maximum Gasteiger partial charge on any atom is 1.00 e. The van der Waals surface area contributed by atoms with E-state index in [1.165, 1.54) is 0 Å². The molecule has 0 spiro atoms. The van der Waals surface area contributed by atoms with Gasteiger partial charge in [-0.05, 0) is 6.92 Å². The number of ketones is 1. The second-order valence-electron chi connectivity index (χ2n) is 1.68. The minimum absolute atomic E-state index is 0. The van der Waals surface area contributed by atoms with E-state index in [1.807, 2.05) is 0 Å². The molecule has 2 nitrogen and oxygen atoms in total. The van der Waals surface area contributed by atoms with Gasteiger partial charge >= 0.3 is 58.4 Å². The summed E-state index contributed by atoms with van der Waals surface area (Å²) in [7, 11) is 0. The molecule has 10 heavy (non-hydrogen) atoms. The van der Waals surface area contributed by atoms with Gasteiger partial charge in [0.15, 0.2) is 0 Å². The Morgan fingerprint density at radius 1 is 1.50 bits per heavy atom. The van der Waals surface area contributed by atoms with Gasteiger partial charge in [0, 0.05) is 0 Å². The van der Waals surface area contributed by atoms with Crippen molar-refractivity contribution in [3.63, 3.8) is 0 Å². The Bertz CT molecular complexity index is 125. The van der Waals surface area contributed by atoms with E-state index >= 15 is 0 Å². The third-order valence-electron chi connectivity index (χ3n) is 0.775. The molecule has 1 N–H and O–H groups in total. The predicted molar refractivity (Wildman–Crippen MR) is 25.8 cm³/mol. The molecule has 0 aromatic rings. The molecule has 0 amide bonds. The number of carbonyl (C=O) groups excluding carboxylic acids is 1. The molecule has 0 fully saturated rings. The van der Waals surface area contributed by atoms with Crippen LogP contribution in [0.1, 0.15) is 6.92 Å². The Labute approximate surface area is 98.7 Å². The summed E-state index contributed by atoms with van der Waals surface area (Å²) in [5, 5.41) is 8.02. The van der Waals surface area contributed by atoms with Gasteiger partial charge in [-0.2, -0.15) is 0 Å². The zero-order valence-electron chi connectivity index (χ0n) is 5.64. The van der Waals surface area contributed by atoms with Crippen molar-refractivity contribution in [2.45, 2.75) is 12.9 Å². The topological polar surface area (TPSA) is 37.3 Å². The molecule has 1 unspecified atom stereocenters. The SMILES string of the molecule is CC(=O)C(O)[B-](F)(F)F.[K+]. The Morgan fingerprint density at radius 3 is 1.80 bits per heavy atom. The fourth-order valence-corrected chi connectivity index (χ4v) is 0.266. The Balaban J connectivity index is 0. The van der Waals surface area contributed by atoms with E-state index in [4.69, 9.17) is 5.11 Å². The van der Waals surface area contributed by atoms with E-state index in [2.05, 4.69) is 0 Å². The molecule has 54 valence electrons. The van der Waals surface area contributed by atoms with Gasteiger partial charge in [0.2, 0.25) is 0 Å². The summed E-state index contributed by atoms with van der Waals surface area (Å²) in [5.74, 6) is -1.26.